The van der Waals surface area contributed by atoms with Crippen LogP contribution in [0.5, 0.6) is 11.5 Å². The molecule has 0 saturated carbocycles. The Morgan fingerprint density at radius 2 is 1.79 bits per heavy atom. The van der Waals surface area contributed by atoms with Gasteiger partial charge in [0, 0.05) is 12.1 Å². The van der Waals surface area contributed by atoms with Crippen molar-refractivity contribution in [2.75, 3.05) is 25.6 Å². The quantitative estimate of drug-likeness (QED) is 0.541. The number of hydrogen-bond acceptors (Lipinski definition) is 6. The SMILES string of the molecule is COc1ccc(OCCNc2cnc(C(=O)NCc3ccccc3F)cn2)cc1. The maximum atomic E-state index is 13.6. The molecule has 0 aliphatic heterocycles. The van der Waals surface area contributed by atoms with Gasteiger partial charge in [-0.1, -0.05) is 18.2 Å². The van der Waals surface area contributed by atoms with Crippen molar-refractivity contribution >= 4 is 11.7 Å². The number of hydrogen-bond donors (Lipinski definition) is 2. The molecule has 0 radical (unpaired) electrons. The molecule has 2 N–H and O–H groups in total. The van der Waals surface area contributed by atoms with E-state index in [4.69, 9.17) is 9.47 Å². The number of aromatic nitrogens is 2. The van der Waals surface area contributed by atoms with Crippen LogP contribution in [-0.2, 0) is 6.54 Å². The summed E-state index contributed by atoms with van der Waals surface area (Å²) in [7, 11) is 1.61. The first kappa shape index (κ1) is 20.1. The Morgan fingerprint density at radius 1 is 1.03 bits per heavy atom. The standard InChI is InChI=1S/C21H21FN4O3/c1-28-16-6-8-17(9-7-16)29-11-10-23-20-14-24-19(13-25-20)21(27)26-12-15-4-2-3-5-18(15)22/h2-9,13-14H,10-12H2,1H3,(H,23,25)(H,26,27). The van der Waals surface area contributed by atoms with E-state index in [-0.39, 0.29) is 18.1 Å². The lowest BCUT2D eigenvalue weighted by molar-refractivity contribution is 0.0945. The molecule has 0 bridgehead atoms. The van der Waals surface area contributed by atoms with E-state index < -0.39 is 5.91 Å². The fraction of sp³-hybridized carbons (Fsp3) is 0.190. The molecule has 29 heavy (non-hydrogen) atoms. The molecule has 1 heterocycles. The highest BCUT2D eigenvalue weighted by atomic mass is 19.1. The van der Waals surface area contributed by atoms with Crippen molar-refractivity contribution in [2.45, 2.75) is 6.54 Å². The number of carbonyl (C=O) groups excluding carboxylic acids is 1. The van der Waals surface area contributed by atoms with Crippen LogP contribution in [0, 0.1) is 5.82 Å². The third-order valence-corrected chi connectivity index (χ3v) is 4.02. The Labute approximate surface area is 167 Å². The van der Waals surface area contributed by atoms with E-state index in [1.165, 1.54) is 18.5 Å². The predicted molar refractivity (Wildman–Crippen MR) is 107 cm³/mol. The van der Waals surface area contributed by atoms with Crippen molar-refractivity contribution in [1.82, 2.24) is 15.3 Å². The van der Waals surface area contributed by atoms with Gasteiger partial charge in [0.05, 0.1) is 26.0 Å². The van der Waals surface area contributed by atoms with Gasteiger partial charge in [0.15, 0.2) is 0 Å². The van der Waals surface area contributed by atoms with Crippen molar-refractivity contribution in [3.05, 3.63) is 78.0 Å². The lowest BCUT2D eigenvalue weighted by atomic mass is 10.2. The van der Waals surface area contributed by atoms with Gasteiger partial charge in [-0.3, -0.25) is 4.79 Å². The molecule has 150 valence electrons. The van der Waals surface area contributed by atoms with Crippen LogP contribution in [0.2, 0.25) is 0 Å². The Balaban J connectivity index is 1.42. The minimum atomic E-state index is -0.421. The van der Waals surface area contributed by atoms with Crippen LogP contribution in [0.1, 0.15) is 16.1 Å². The van der Waals surface area contributed by atoms with Crippen molar-refractivity contribution in [3.8, 4) is 11.5 Å². The van der Waals surface area contributed by atoms with E-state index in [1.807, 2.05) is 24.3 Å². The molecule has 2 aromatic carbocycles. The maximum absolute atomic E-state index is 13.6. The summed E-state index contributed by atoms with van der Waals surface area (Å²) >= 11 is 0. The Hall–Kier alpha value is -3.68. The molecule has 0 spiro atoms. The number of carbonyl (C=O) groups is 1. The monoisotopic (exact) mass is 396 g/mol. The maximum Gasteiger partial charge on any atom is 0.271 e. The van der Waals surface area contributed by atoms with Gasteiger partial charge in [0.1, 0.15) is 35.4 Å². The molecular weight excluding hydrogens is 375 g/mol. The number of nitrogens with one attached hydrogen (secondary N) is 2. The van der Waals surface area contributed by atoms with Gasteiger partial charge in [-0.2, -0.15) is 0 Å². The molecule has 1 aromatic heterocycles. The Kier molecular flexibility index (Phi) is 6.94. The first-order valence-electron chi connectivity index (χ1n) is 9.00. The average Bonchev–Trinajstić information content (AvgIpc) is 2.77. The van der Waals surface area contributed by atoms with Gasteiger partial charge in [0.2, 0.25) is 0 Å². The Morgan fingerprint density at radius 3 is 2.48 bits per heavy atom. The van der Waals surface area contributed by atoms with E-state index in [0.29, 0.717) is 24.5 Å². The number of ether oxygens (including phenoxy) is 2. The summed E-state index contributed by atoms with van der Waals surface area (Å²) in [6.45, 7) is 1.02. The molecule has 8 heteroatoms. The third-order valence-electron chi connectivity index (χ3n) is 4.02. The highest BCUT2D eigenvalue weighted by Crippen LogP contribution is 2.16. The second kappa shape index (κ2) is 10.0. The largest absolute Gasteiger partial charge is 0.497 e. The lowest BCUT2D eigenvalue weighted by Gasteiger charge is -2.09. The zero-order valence-corrected chi connectivity index (χ0v) is 15.9. The highest BCUT2D eigenvalue weighted by Gasteiger charge is 2.09. The van der Waals surface area contributed by atoms with Crippen molar-refractivity contribution in [3.63, 3.8) is 0 Å². The van der Waals surface area contributed by atoms with Gasteiger partial charge in [0.25, 0.3) is 5.91 Å². The smallest absolute Gasteiger partial charge is 0.271 e. The lowest BCUT2D eigenvalue weighted by Crippen LogP contribution is -2.24. The van der Waals surface area contributed by atoms with E-state index >= 15 is 0 Å². The number of anilines is 1. The summed E-state index contributed by atoms with van der Waals surface area (Å²) in [5.41, 5.74) is 0.560. The number of benzene rings is 2. The van der Waals surface area contributed by atoms with Gasteiger partial charge >= 0.3 is 0 Å². The first-order chi connectivity index (χ1) is 14.2. The molecule has 0 atom stereocenters. The van der Waals surface area contributed by atoms with Crippen LogP contribution < -0.4 is 20.1 Å². The normalized spacial score (nSPS) is 10.3. The molecule has 0 aliphatic carbocycles. The molecule has 0 aliphatic rings. The fourth-order valence-corrected chi connectivity index (χ4v) is 2.46. The summed E-state index contributed by atoms with van der Waals surface area (Å²) in [5.74, 6) is 1.24. The molecule has 0 unspecified atom stereocenters. The van der Waals surface area contributed by atoms with Crippen LogP contribution in [0.15, 0.2) is 60.9 Å². The molecule has 3 rings (SSSR count). The molecule has 0 fully saturated rings. The minimum absolute atomic E-state index is 0.0793. The summed E-state index contributed by atoms with van der Waals surface area (Å²) in [6.07, 6.45) is 2.83. The second-order valence-corrected chi connectivity index (χ2v) is 6.01. The molecule has 0 saturated heterocycles. The van der Waals surface area contributed by atoms with E-state index in [0.717, 1.165) is 11.5 Å². The van der Waals surface area contributed by atoms with Crippen molar-refractivity contribution in [1.29, 1.82) is 0 Å². The van der Waals surface area contributed by atoms with Crippen molar-refractivity contribution < 1.29 is 18.7 Å². The summed E-state index contributed by atoms with van der Waals surface area (Å²) in [6, 6.07) is 13.6. The van der Waals surface area contributed by atoms with Gasteiger partial charge < -0.3 is 20.1 Å². The first-order valence-corrected chi connectivity index (χ1v) is 9.00. The summed E-state index contributed by atoms with van der Waals surface area (Å²) < 4.78 is 24.3. The fourth-order valence-electron chi connectivity index (χ4n) is 2.46. The average molecular weight is 396 g/mol. The number of amides is 1. The van der Waals surface area contributed by atoms with Gasteiger partial charge in [-0.25, -0.2) is 14.4 Å². The summed E-state index contributed by atoms with van der Waals surface area (Å²) in [5, 5.41) is 5.69. The van der Waals surface area contributed by atoms with E-state index in [9.17, 15) is 9.18 Å². The number of nitrogens with zero attached hydrogens (tertiary/aromatic N) is 2. The second-order valence-electron chi connectivity index (χ2n) is 6.01. The van der Waals surface area contributed by atoms with Crippen LogP contribution in [0.25, 0.3) is 0 Å². The number of methoxy groups -OCH3 is 1. The van der Waals surface area contributed by atoms with E-state index in [1.54, 1.807) is 25.3 Å². The summed E-state index contributed by atoms with van der Waals surface area (Å²) in [4.78, 5) is 20.4. The van der Waals surface area contributed by atoms with Crippen molar-refractivity contribution in [2.24, 2.45) is 0 Å². The van der Waals surface area contributed by atoms with Gasteiger partial charge in [-0.05, 0) is 30.3 Å². The minimum Gasteiger partial charge on any atom is -0.497 e. The number of halogens is 1. The zero-order valence-electron chi connectivity index (χ0n) is 15.9. The number of rotatable bonds is 9. The van der Waals surface area contributed by atoms with E-state index in [2.05, 4.69) is 20.6 Å². The van der Waals surface area contributed by atoms with Crippen LogP contribution >= 0.6 is 0 Å². The topological polar surface area (TPSA) is 85.4 Å². The van der Waals surface area contributed by atoms with Crippen LogP contribution in [0.3, 0.4) is 0 Å². The van der Waals surface area contributed by atoms with Crippen LogP contribution in [0.4, 0.5) is 10.2 Å². The molecule has 3 aromatic rings. The molecular formula is C21H21FN4O3. The Bertz CT molecular complexity index is 933. The van der Waals surface area contributed by atoms with Gasteiger partial charge in [-0.15, -0.1) is 0 Å². The molecule has 7 nitrogen and oxygen atoms in total. The zero-order chi connectivity index (χ0) is 20.5. The highest BCUT2D eigenvalue weighted by molar-refractivity contribution is 5.91. The van der Waals surface area contributed by atoms with Crippen LogP contribution in [-0.4, -0.2) is 36.1 Å². The third kappa shape index (κ3) is 5.90. The predicted octanol–water partition coefficient (Wildman–Crippen LogP) is 3.05. The molecule has 1 amide bonds.